The van der Waals surface area contributed by atoms with Crippen molar-refractivity contribution in [3.63, 3.8) is 0 Å². The smallest absolute Gasteiger partial charge is 0.405 e. The molecule has 0 saturated heterocycles. The van der Waals surface area contributed by atoms with E-state index in [0.717, 1.165) is 12.8 Å². The Morgan fingerprint density at radius 2 is 2.10 bits per heavy atom. The molecule has 0 aromatic rings. The zero-order valence-electron chi connectivity index (χ0n) is 6.77. The molecule has 2 N–H and O–H groups in total. The van der Waals surface area contributed by atoms with Gasteiger partial charge in [0.05, 0.1) is 0 Å². The van der Waals surface area contributed by atoms with Crippen molar-refractivity contribution in [3.05, 3.63) is 0 Å². The summed E-state index contributed by atoms with van der Waals surface area (Å²) in [5, 5.41) is 10.8. The molecular formula is C7H15NO2. The Labute approximate surface area is 61.4 Å². The molecule has 10 heavy (non-hydrogen) atoms. The van der Waals surface area contributed by atoms with Crippen molar-refractivity contribution >= 4 is 6.09 Å². The maximum absolute atomic E-state index is 10.2. The Morgan fingerprint density at radius 3 is 2.40 bits per heavy atom. The van der Waals surface area contributed by atoms with Crippen LogP contribution >= 0.6 is 0 Å². The van der Waals surface area contributed by atoms with E-state index in [0.29, 0.717) is 0 Å². The SMILES string of the molecule is CCCC(C)(C)NC(=O)O. The summed E-state index contributed by atoms with van der Waals surface area (Å²) in [5.41, 5.74) is -0.277. The van der Waals surface area contributed by atoms with E-state index in [1.165, 1.54) is 0 Å². The molecule has 3 heteroatoms. The number of carbonyl (C=O) groups is 1. The maximum atomic E-state index is 10.2. The topological polar surface area (TPSA) is 49.3 Å². The molecule has 0 heterocycles. The van der Waals surface area contributed by atoms with Crippen LogP contribution in [0.3, 0.4) is 0 Å². The first kappa shape index (κ1) is 9.27. The molecule has 0 aliphatic rings. The van der Waals surface area contributed by atoms with Crippen LogP contribution in [-0.4, -0.2) is 16.7 Å². The number of rotatable bonds is 3. The van der Waals surface area contributed by atoms with Gasteiger partial charge in [-0.1, -0.05) is 13.3 Å². The van der Waals surface area contributed by atoms with Gasteiger partial charge < -0.3 is 10.4 Å². The molecule has 0 aliphatic heterocycles. The van der Waals surface area contributed by atoms with Gasteiger partial charge in [-0.25, -0.2) is 4.79 Å². The van der Waals surface area contributed by atoms with Crippen molar-refractivity contribution in [3.8, 4) is 0 Å². The second-order valence-electron chi connectivity index (χ2n) is 3.06. The molecule has 0 radical (unpaired) electrons. The number of hydrogen-bond acceptors (Lipinski definition) is 1. The number of amides is 1. The van der Waals surface area contributed by atoms with Gasteiger partial charge in [0.2, 0.25) is 0 Å². The van der Waals surface area contributed by atoms with Gasteiger partial charge in [0, 0.05) is 5.54 Å². The fraction of sp³-hybridized carbons (Fsp3) is 0.857. The highest BCUT2D eigenvalue weighted by atomic mass is 16.4. The van der Waals surface area contributed by atoms with Crippen molar-refractivity contribution in [1.82, 2.24) is 5.32 Å². The lowest BCUT2D eigenvalue weighted by Crippen LogP contribution is -2.42. The fourth-order valence-electron chi connectivity index (χ4n) is 0.977. The molecule has 0 bridgehead atoms. The first-order chi connectivity index (χ1) is 4.48. The van der Waals surface area contributed by atoms with Crippen LogP contribution in [0.25, 0.3) is 0 Å². The number of hydrogen-bond donors (Lipinski definition) is 2. The lowest BCUT2D eigenvalue weighted by Gasteiger charge is -2.23. The monoisotopic (exact) mass is 145 g/mol. The molecule has 0 saturated carbocycles. The summed E-state index contributed by atoms with van der Waals surface area (Å²) in [6, 6.07) is 0. The minimum Gasteiger partial charge on any atom is -0.465 e. The van der Waals surface area contributed by atoms with E-state index in [2.05, 4.69) is 5.32 Å². The molecule has 0 atom stereocenters. The first-order valence-electron chi connectivity index (χ1n) is 3.49. The predicted molar refractivity (Wildman–Crippen MR) is 40.1 cm³/mol. The van der Waals surface area contributed by atoms with E-state index in [1.807, 2.05) is 20.8 Å². The van der Waals surface area contributed by atoms with Gasteiger partial charge in [0.25, 0.3) is 0 Å². The van der Waals surface area contributed by atoms with Crippen molar-refractivity contribution < 1.29 is 9.90 Å². The zero-order chi connectivity index (χ0) is 8.20. The lowest BCUT2D eigenvalue weighted by atomic mass is 10.00. The van der Waals surface area contributed by atoms with Gasteiger partial charge in [0.1, 0.15) is 0 Å². The van der Waals surface area contributed by atoms with Crippen LogP contribution in [0.15, 0.2) is 0 Å². The van der Waals surface area contributed by atoms with Crippen LogP contribution in [0.5, 0.6) is 0 Å². The van der Waals surface area contributed by atoms with Gasteiger partial charge in [-0.3, -0.25) is 0 Å². The maximum Gasteiger partial charge on any atom is 0.405 e. The van der Waals surface area contributed by atoms with E-state index in [4.69, 9.17) is 5.11 Å². The Balaban J connectivity index is 3.74. The standard InChI is InChI=1S/C7H15NO2/c1-4-5-7(2,3)8-6(9)10/h8H,4-5H2,1-3H3,(H,9,10). The Hall–Kier alpha value is -0.730. The molecular weight excluding hydrogens is 130 g/mol. The van der Waals surface area contributed by atoms with Crippen molar-refractivity contribution in [2.24, 2.45) is 0 Å². The van der Waals surface area contributed by atoms with E-state index in [-0.39, 0.29) is 5.54 Å². The quantitative estimate of drug-likeness (QED) is 0.636. The van der Waals surface area contributed by atoms with E-state index < -0.39 is 6.09 Å². The normalized spacial score (nSPS) is 11.1. The summed E-state index contributed by atoms with van der Waals surface area (Å²) in [5.74, 6) is 0. The molecule has 0 spiro atoms. The summed E-state index contributed by atoms with van der Waals surface area (Å²) in [4.78, 5) is 10.2. The average molecular weight is 145 g/mol. The summed E-state index contributed by atoms with van der Waals surface area (Å²) in [6.45, 7) is 5.79. The third-order valence-electron chi connectivity index (χ3n) is 1.32. The summed E-state index contributed by atoms with van der Waals surface area (Å²) < 4.78 is 0. The van der Waals surface area contributed by atoms with Crippen LogP contribution in [-0.2, 0) is 0 Å². The average Bonchev–Trinajstić information content (AvgIpc) is 1.59. The molecule has 3 nitrogen and oxygen atoms in total. The highest BCUT2D eigenvalue weighted by Crippen LogP contribution is 2.09. The van der Waals surface area contributed by atoms with Crippen LogP contribution < -0.4 is 5.32 Å². The molecule has 0 unspecified atom stereocenters. The van der Waals surface area contributed by atoms with Crippen LogP contribution in [0.4, 0.5) is 4.79 Å². The van der Waals surface area contributed by atoms with Crippen molar-refractivity contribution in [2.45, 2.75) is 39.2 Å². The molecule has 0 aromatic heterocycles. The fourth-order valence-corrected chi connectivity index (χ4v) is 0.977. The molecule has 0 rings (SSSR count). The van der Waals surface area contributed by atoms with E-state index >= 15 is 0 Å². The van der Waals surface area contributed by atoms with E-state index in [1.54, 1.807) is 0 Å². The minimum atomic E-state index is -0.946. The van der Waals surface area contributed by atoms with Gasteiger partial charge in [-0.15, -0.1) is 0 Å². The Bertz CT molecular complexity index is 121. The molecule has 60 valence electrons. The lowest BCUT2D eigenvalue weighted by molar-refractivity contribution is 0.180. The van der Waals surface area contributed by atoms with Gasteiger partial charge in [0.15, 0.2) is 0 Å². The largest absolute Gasteiger partial charge is 0.465 e. The second-order valence-corrected chi connectivity index (χ2v) is 3.06. The van der Waals surface area contributed by atoms with Crippen LogP contribution in [0.2, 0.25) is 0 Å². The third kappa shape index (κ3) is 4.18. The van der Waals surface area contributed by atoms with E-state index in [9.17, 15) is 4.79 Å². The molecule has 0 fully saturated rings. The number of nitrogens with one attached hydrogen (secondary N) is 1. The van der Waals surface area contributed by atoms with Gasteiger partial charge in [-0.05, 0) is 20.3 Å². The summed E-state index contributed by atoms with van der Waals surface area (Å²) in [6.07, 6.45) is 0.922. The highest BCUT2D eigenvalue weighted by Gasteiger charge is 2.17. The van der Waals surface area contributed by atoms with Gasteiger partial charge in [-0.2, -0.15) is 0 Å². The van der Waals surface area contributed by atoms with Crippen molar-refractivity contribution in [2.75, 3.05) is 0 Å². The Kier molecular flexibility index (Phi) is 3.19. The Morgan fingerprint density at radius 1 is 1.60 bits per heavy atom. The first-order valence-corrected chi connectivity index (χ1v) is 3.49. The third-order valence-corrected chi connectivity index (χ3v) is 1.32. The molecule has 0 aromatic carbocycles. The van der Waals surface area contributed by atoms with Crippen molar-refractivity contribution in [1.29, 1.82) is 0 Å². The molecule has 0 aliphatic carbocycles. The number of carboxylic acid groups (broad SMARTS) is 1. The predicted octanol–water partition coefficient (Wildman–Crippen LogP) is 1.83. The minimum absolute atomic E-state index is 0.277. The highest BCUT2D eigenvalue weighted by molar-refractivity contribution is 5.65. The van der Waals surface area contributed by atoms with Gasteiger partial charge >= 0.3 is 6.09 Å². The summed E-state index contributed by atoms with van der Waals surface area (Å²) >= 11 is 0. The second kappa shape index (κ2) is 3.44. The van der Waals surface area contributed by atoms with Crippen LogP contribution in [0, 0.1) is 0 Å². The molecule has 1 amide bonds. The zero-order valence-corrected chi connectivity index (χ0v) is 6.77. The van der Waals surface area contributed by atoms with Crippen LogP contribution in [0.1, 0.15) is 33.6 Å². The summed E-state index contributed by atoms with van der Waals surface area (Å²) in [7, 11) is 0.